The quantitative estimate of drug-likeness (QED) is 0.928. The maximum Gasteiger partial charge on any atom is 0.229 e. The number of anilines is 1. The fraction of sp³-hybridized carbons (Fsp3) is 0.294. The van der Waals surface area contributed by atoms with Gasteiger partial charge in [0.15, 0.2) is 0 Å². The van der Waals surface area contributed by atoms with E-state index in [1.807, 2.05) is 45.0 Å². The second kappa shape index (κ2) is 6.55. The van der Waals surface area contributed by atoms with Crippen LogP contribution in [-0.4, -0.2) is 5.91 Å². The lowest BCUT2D eigenvalue weighted by Crippen LogP contribution is -2.15. The molecule has 4 heteroatoms. The van der Waals surface area contributed by atoms with Crippen LogP contribution in [0.1, 0.15) is 34.1 Å². The van der Waals surface area contributed by atoms with Gasteiger partial charge >= 0.3 is 0 Å². The summed E-state index contributed by atoms with van der Waals surface area (Å²) in [5, 5.41) is 12.9. The van der Waals surface area contributed by atoms with E-state index in [0.29, 0.717) is 17.0 Å². The number of aryl methyl sites for hydroxylation is 2. The molecule has 2 aromatic rings. The van der Waals surface area contributed by atoms with Crippen molar-refractivity contribution in [2.45, 2.75) is 33.6 Å². The van der Waals surface area contributed by atoms with Crippen molar-refractivity contribution in [3.05, 3.63) is 51.4 Å². The highest BCUT2D eigenvalue weighted by Gasteiger charge is 2.16. The van der Waals surface area contributed by atoms with Crippen LogP contribution in [0.2, 0.25) is 0 Å². The predicted molar refractivity (Wildman–Crippen MR) is 86.7 cm³/mol. The van der Waals surface area contributed by atoms with Gasteiger partial charge in [0, 0.05) is 4.88 Å². The average Bonchev–Trinajstić information content (AvgIpc) is 2.75. The van der Waals surface area contributed by atoms with Crippen LogP contribution < -0.4 is 5.32 Å². The molecule has 0 unspecified atom stereocenters. The minimum absolute atomic E-state index is 0.0790. The number of benzene rings is 1. The Labute approximate surface area is 129 Å². The molecule has 0 fully saturated rings. The highest BCUT2D eigenvalue weighted by molar-refractivity contribution is 7.16. The summed E-state index contributed by atoms with van der Waals surface area (Å²) in [6, 6.07) is 10.1. The van der Waals surface area contributed by atoms with Gasteiger partial charge in [0.25, 0.3) is 0 Å². The van der Waals surface area contributed by atoms with Crippen molar-refractivity contribution in [1.82, 2.24) is 0 Å². The van der Waals surface area contributed by atoms with E-state index in [-0.39, 0.29) is 5.91 Å². The van der Waals surface area contributed by atoms with E-state index in [4.69, 9.17) is 0 Å². The van der Waals surface area contributed by atoms with Crippen molar-refractivity contribution in [3.63, 3.8) is 0 Å². The number of thiophene rings is 1. The van der Waals surface area contributed by atoms with E-state index in [1.165, 1.54) is 11.3 Å². The average molecular weight is 298 g/mol. The molecule has 1 aromatic carbocycles. The summed E-state index contributed by atoms with van der Waals surface area (Å²) >= 11 is 1.48. The number of carbonyl (C=O) groups excluding carboxylic acids is 1. The third-order valence-corrected chi connectivity index (χ3v) is 4.60. The summed E-state index contributed by atoms with van der Waals surface area (Å²) in [5.74, 6) is -0.0790. The number of hydrogen-bond donors (Lipinski definition) is 1. The Kier molecular flexibility index (Phi) is 4.77. The number of nitriles is 1. The van der Waals surface area contributed by atoms with Crippen LogP contribution >= 0.6 is 11.3 Å². The standard InChI is InChI=1S/C17H18N2OS/c1-4-14-12(3)21-17(15(14)10-18)19-16(20)9-13-8-6-5-7-11(13)2/h5-8H,4,9H2,1-3H3,(H,19,20). The predicted octanol–water partition coefficient (Wildman–Crippen LogP) is 3.98. The molecule has 1 N–H and O–H groups in total. The molecule has 1 heterocycles. The topological polar surface area (TPSA) is 52.9 Å². The van der Waals surface area contributed by atoms with Crippen molar-refractivity contribution in [2.75, 3.05) is 5.32 Å². The molecule has 1 aromatic heterocycles. The molecule has 3 nitrogen and oxygen atoms in total. The Hall–Kier alpha value is -2.12. The Morgan fingerprint density at radius 1 is 1.33 bits per heavy atom. The van der Waals surface area contributed by atoms with E-state index in [9.17, 15) is 10.1 Å². The summed E-state index contributed by atoms with van der Waals surface area (Å²) < 4.78 is 0. The zero-order valence-corrected chi connectivity index (χ0v) is 13.3. The van der Waals surface area contributed by atoms with Crippen LogP contribution in [0, 0.1) is 25.2 Å². The first kappa shape index (κ1) is 15.3. The lowest BCUT2D eigenvalue weighted by molar-refractivity contribution is -0.115. The summed E-state index contributed by atoms with van der Waals surface area (Å²) in [5.41, 5.74) is 3.76. The molecule has 0 atom stereocenters. The molecule has 0 spiro atoms. The number of amides is 1. The van der Waals surface area contributed by atoms with E-state index in [1.54, 1.807) is 0 Å². The Bertz CT molecular complexity index is 710. The second-order valence-corrected chi connectivity index (χ2v) is 6.18. The molecule has 0 aliphatic heterocycles. The monoisotopic (exact) mass is 298 g/mol. The van der Waals surface area contributed by atoms with Crippen molar-refractivity contribution >= 4 is 22.2 Å². The van der Waals surface area contributed by atoms with Gasteiger partial charge in [-0.25, -0.2) is 0 Å². The summed E-state index contributed by atoms with van der Waals surface area (Å²) in [7, 11) is 0. The first-order chi connectivity index (χ1) is 10.1. The van der Waals surface area contributed by atoms with Gasteiger partial charge in [-0.05, 0) is 37.0 Å². The molecule has 21 heavy (non-hydrogen) atoms. The van der Waals surface area contributed by atoms with E-state index in [0.717, 1.165) is 28.0 Å². The summed E-state index contributed by atoms with van der Waals surface area (Å²) in [6.07, 6.45) is 1.13. The summed E-state index contributed by atoms with van der Waals surface area (Å²) in [6.45, 7) is 6.00. The first-order valence-corrected chi connectivity index (χ1v) is 7.75. The zero-order valence-electron chi connectivity index (χ0n) is 12.5. The normalized spacial score (nSPS) is 10.2. The number of rotatable bonds is 4. The zero-order chi connectivity index (χ0) is 15.4. The molecule has 0 bridgehead atoms. The van der Waals surface area contributed by atoms with Crippen LogP contribution in [0.3, 0.4) is 0 Å². The van der Waals surface area contributed by atoms with Gasteiger partial charge in [0.2, 0.25) is 5.91 Å². The Balaban J connectivity index is 2.18. The van der Waals surface area contributed by atoms with Gasteiger partial charge < -0.3 is 5.32 Å². The molecule has 1 amide bonds. The second-order valence-electron chi connectivity index (χ2n) is 4.96. The molecule has 0 radical (unpaired) electrons. The van der Waals surface area contributed by atoms with E-state index in [2.05, 4.69) is 11.4 Å². The minimum atomic E-state index is -0.0790. The number of nitrogens with one attached hydrogen (secondary N) is 1. The van der Waals surface area contributed by atoms with Crippen LogP contribution in [-0.2, 0) is 17.6 Å². The smallest absolute Gasteiger partial charge is 0.229 e. The van der Waals surface area contributed by atoms with Crippen LogP contribution in [0.4, 0.5) is 5.00 Å². The van der Waals surface area contributed by atoms with Crippen molar-refractivity contribution < 1.29 is 4.79 Å². The summed E-state index contributed by atoms with van der Waals surface area (Å²) in [4.78, 5) is 13.3. The van der Waals surface area contributed by atoms with Gasteiger partial charge in [-0.3, -0.25) is 4.79 Å². The lowest BCUT2D eigenvalue weighted by atomic mass is 10.1. The molecule has 2 rings (SSSR count). The largest absolute Gasteiger partial charge is 0.316 e. The highest BCUT2D eigenvalue weighted by Crippen LogP contribution is 2.32. The molecule has 0 aliphatic rings. The third-order valence-electron chi connectivity index (χ3n) is 3.54. The van der Waals surface area contributed by atoms with Gasteiger partial charge in [-0.2, -0.15) is 5.26 Å². The molecular formula is C17H18N2OS. The van der Waals surface area contributed by atoms with E-state index < -0.39 is 0 Å². The Morgan fingerprint density at radius 3 is 2.67 bits per heavy atom. The van der Waals surface area contributed by atoms with Gasteiger partial charge in [0.05, 0.1) is 12.0 Å². The number of carbonyl (C=O) groups is 1. The fourth-order valence-electron chi connectivity index (χ4n) is 2.36. The molecule has 108 valence electrons. The molecule has 0 saturated heterocycles. The van der Waals surface area contributed by atoms with Crippen LogP contribution in [0.5, 0.6) is 0 Å². The highest BCUT2D eigenvalue weighted by atomic mass is 32.1. The number of hydrogen-bond acceptors (Lipinski definition) is 3. The molecular weight excluding hydrogens is 280 g/mol. The van der Waals surface area contributed by atoms with Crippen LogP contribution in [0.25, 0.3) is 0 Å². The van der Waals surface area contributed by atoms with Crippen molar-refractivity contribution in [2.24, 2.45) is 0 Å². The van der Waals surface area contributed by atoms with E-state index >= 15 is 0 Å². The third kappa shape index (κ3) is 3.32. The maximum atomic E-state index is 12.2. The molecule has 0 saturated carbocycles. The van der Waals surface area contributed by atoms with Gasteiger partial charge in [-0.15, -0.1) is 11.3 Å². The minimum Gasteiger partial charge on any atom is -0.316 e. The lowest BCUT2D eigenvalue weighted by Gasteiger charge is -2.06. The number of nitrogens with zero attached hydrogens (tertiary/aromatic N) is 1. The molecule has 0 aliphatic carbocycles. The fourth-order valence-corrected chi connectivity index (χ4v) is 3.47. The first-order valence-electron chi connectivity index (χ1n) is 6.93. The SMILES string of the molecule is CCc1c(C)sc(NC(=O)Cc2ccccc2C)c1C#N. The van der Waals surface area contributed by atoms with Crippen molar-refractivity contribution in [3.8, 4) is 6.07 Å². The van der Waals surface area contributed by atoms with Gasteiger partial charge in [-0.1, -0.05) is 31.2 Å². The van der Waals surface area contributed by atoms with Crippen molar-refractivity contribution in [1.29, 1.82) is 5.26 Å². The van der Waals surface area contributed by atoms with Gasteiger partial charge in [0.1, 0.15) is 11.1 Å². The maximum absolute atomic E-state index is 12.2. The Morgan fingerprint density at radius 2 is 2.05 bits per heavy atom. The van der Waals surface area contributed by atoms with Crippen LogP contribution in [0.15, 0.2) is 24.3 Å².